The normalized spacial score (nSPS) is 11.8. The number of aromatic nitrogens is 2. The maximum absolute atomic E-state index is 11.1. The van der Waals surface area contributed by atoms with Gasteiger partial charge >= 0.3 is 0 Å². The number of nitrogen functional groups attached to an aromatic ring is 2. The minimum absolute atomic E-state index is 0.0338. The van der Waals surface area contributed by atoms with Gasteiger partial charge in [0, 0.05) is 16.1 Å². The number of hydrogen-bond acceptors (Lipinski definition) is 6. The molecule has 16 heavy (non-hydrogen) atoms. The van der Waals surface area contributed by atoms with Gasteiger partial charge in [0.1, 0.15) is 5.82 Å². The van der Waals surface area contributed by atoms with Gasteiger partial charge in [-0.25, -0.2) is 13.4 Å². The number of nitrogens with two attached hydrogens (primary N) is 2. The first-order valence-electron chi connectivity index (χ1n) is 4.15. The molecular weight excluding hydrogens is 252 g/mol. The lowest BCUT2D eigenvalue weighted by Gasteiger charge is -2.03. The fraction of sp³-hybridized carbons (Fsp3) is 0. The summed E-state index contributed by atoms with van der Waals surface area (Å²) in [5.74, 6) is 0.149. The van der Waals surface area contributed by atoms with Crippen LogP contribution in [0, 0.1) is 0 Å². The molecule has 0 aliphatic rings. The number of nitrogens with zero attached hydrogens (tertiary/aromatic N) is 2. The van der Waals surface area contributed by atoms with E-state index in [9.17, 15) is 8.42 Å². The van der Waals surface area contributed by atoms with Crippen molar-refractivity contribution in [3.63, 3.8) is 0 Å². The quantitative estimate of drug-likeness (QED) is 0.729. The van der Waals surface area contributed by atoms with Crippen LogP contribution in [0.2, 0.25) is 0 Å². The minimum atomic E-state index is -3.79. The molecule has 6 nitrogen and oxygen atoms in total. The smallest absolute Gasteiger partial charge is 0.261 e. The third-order valence-electron chi connectivity index (χ3n) is 2.00. The summed E-state index contributed by atoms with van der Waals surface area (Å²) in [5.41, 5.74) is 11.5. The molecule has 0 saturated heterocycles. The summed E-state index contributed by atoms with van der Waals surface area (Å²) in [6.45, 7) is 0. The van der Waals surface area contributed by atoms with Gasteiger partial charge in [0.05, 0.1) is 10.4 Å². The molecule has 0 aliphatic carbocycles. The topological polar surface area (TPSA) is 112 Å². The zero-order valence-electron chi connectivity index (χ0n) is 7.88. The number of fused-ring (bicyclic) bond motifs is 1. The van der Waals surface area contributed by atoms with E-state index >= 15 is 0 Å². The molecular formula is C8H7ClN4O2S. The highest BCUT2D eigenvalue weighted by molar-refractivity contribution is 8.13. The molecule has 8 heteroatoms. The van der Waals surface area contributed by atoms with Gasteiger partial charge in [-0.15, -0.1) is 0 Å². The molecule has 0 atom stereocenters. The summed E-state index contributed by atoms with van der Waals surface area (Å²) in [5, 5.41) is 0.399. The van der Waals surface area contributed by atoms with E-state index in [2.05, 4.69) is 9.97 Å². The summed E-state index contributed by atoms with van der Waals surface area (Å²) < 4.78 is 22.2. The maximum Gasteiger partial charge on any atom is 0.261 e. The number of hydrogen-bond donors (Lipinski definition) is 2. The molecule has 0 bridgehead atoms. The third-order valence-corrected chi connectivity index (χ3v) is 3.35. The van der Waals surface area contributed by atoms with E-state index in [-0.39, 0.29) is 16.7 Å². The van der Waals surface area contributed by atoms with Gasteiger partial charge in [0.25, 0.3) is 9.05 Å². The van der Waals surface area contributed by atoms with Gasteiger partial charge in [-0.05, 0) is 18.2 Å². The predicted molar refractivity (Wildman–Crippen MR) is 61.4 cm³/mol. The monoisotopic (exact) mass is 258 g/mol. The second-order valence-electron chi connectivity index (χ2n) is 3.08. The average Bonchev–Trinajstić information content (AvgIpc) is 2.15. The van der Waals surface area contributed by atoms with Crippen LogP contribution < -0.4 is 11.5 Å². The highest BCUT2D eigenvalue weighted by atomic mass is 35.7. The number of halogens is 1. The maximum atomic E-state index is 11.1. The van der Waals surface area contributed by atoms with E-state index in [0.717, 1.165) is 0 Å². The lowest BCUT2D eigenvalue weighted by molar-refractivity contribution is 0.609. The molecule has 2 rings (SSSR count). The number of benzene rings is 1. The Labute approximate surface area is 95.7 Å². The van der Waals surface area contributed by atoms with Crippen molar-refractivity contribution in [2.24, 2.45) is 0 Å². The van der Waals surface area contributed by atoms with Crippen LogP contribution in [0.3, 0.4) is 0 Å². The van der Waals surface area contributed by atoms with Gasteiger partial charge in [-0.3, -0.25) is 0 Å². The summed E-state index contributed by atoms with van der Waals surface area (Å²) >= 11 is 0. The lowest BCUT2D eigenvalue weighted by Crippen LogP contribution is -2.01. The Bertz CT molecular complexity index is 671. The molecule has 1 aromatic heterocycles. The van der Waals surface area contributed by atoms with Crippen molar-refractivity contribution in [1.82, 2.24) is 9.97 Å². The van der Waals surface area contributed by atoms with E-state index in [1.165, 1.54) is 18.2 Å². The van der Waals surface area contributed by atoms with Crippen LogP contribution in [0.15, 0.2) is 23.1 Å². The molecule has 0 aliphatic heterocycles. The Morgan fingerprint density at radius 1 is 1.19 bits per heavy atom. The van der Waals surface area contributed by atoms with E-state index in [0.29, 0.717) is 10.9 Å². The Morgan fingerprint density at radius 3 is 2.50 bits per heavy atom. The van der Waals surface area contributed by atoms with E-state index in [1.807, 2.05) is 0 Å². The molecule has 0 amide bonds. The van der Waals surface area contributed by atoms with Crippen LogP contribution >= 0.6 is 10.7 Å². The van der Waals surface area contributed by atoms with E-state index < -0.39 is 9.05 Å². The Hall–Kier alpha value is -1.60. The largest absolute Gasteiger partial charge is 0.383 e. The standard InChI is InChI=1S/C8H7ClN4O2S/c9-16(14,15)4-1-2-6-5(3-4)7(10)13-8(11)12-6/h1-3H,(H4,10,11,12,13). The van der Waals surface area contributed by atoms with Crippen LogP contribution in [0.25, 0.3) is 10.9 Å². The molecule has 0 spiro atoms. The fourth-order valence-corrected chi connectivity index (χ4v) is 2.08. The van der Waals surface area contributed by atoms with E-state index in [1.54, 1.807) is 0 Å². The van der Waals surface area contributed by atoms with Gasteiger partial charge in [-0.1, -0.05) is 0 Å². The number of rotatable bonds is 1. The summed E-state index contributed by atoms with van der Waals surface area (Å²) in [6.07, 6.45) is 0. The van der Waals surface area contributed by atoms with Crippen LogP contribution in [0.5, 0.6) is 0 Å². The summed E-state index contributed by atoms with van der Waals surface area (Å²) in [7, 11) is 1.42. The molecule has 1 aromatic carbocycles. The van der Waals surface area contributed by atoms with Gasteiger partial charge < -0.3 is 11.5 Å². The molecule has 0 saturated carbocycles. The highest BCUT2D eigenvalue weighted by Gasteiger charge is 2.12. The summed E-state index contributed by atoms with van der Waals surface area (Å²) in [6, 6.07) is 4.11. The van der Waals surface area contributed by atoms with Crippen LogP contribution in [0.4, 0.5) is 11.8 Å². The Balaban J connectivity index is 2.82. The van der Waals surface area contributed by atoms with Gasteiger partial charge in [0.2, 0.25) is 5.95 Å². The molecule has 4 N–H and O–H groups in total. The first kappa shape index (κ1) is 10.9. The minimum Gasteiger partial charge on any atom is -0.383 e. The zero-order valence-corrected chi connectivity index (χ0v) is 9.46. The first-order chi connectivity index (χ1) is 7.38. The van der Waals surface area contributed by atoms with Crippen molar-refractivity contribution in [2.75, 3.05) is 11.5 Å². The zero-order chi connectivity index (χ0) is 11.9. The first-order valence-corrected chi connectivity index (χ1v) is 6.46. The molecule has 0 fully saturated rings. The van der Waals surface area contributed by atoms with Crippen molar-refractivity contribution < 1.29 is 8.42 Å². The Morgan fingerprint density at radius 2 is 1.88 bits per heavy atom. The molecule has 1 heterocycles. The molecule has 0 unspecified atom stereocenters. The van der Waals surface area contributed by atoms with Crippen LogP contribution in [-0.4, -0.2) is 18.4 Å². The lowest BCUT2D eigenvalue weighted by atomic mass is 10.2. The highest BCUT2D eigenvalue weighted by Crippen LogP contribution is 2.24. The SMILES string of the molecule is Nc1nc(N)c2cc(S(=O)(=O)Cl)ccc2n1. The van der Waals surface area contributed by atoms with E-state index in [4.69, 9.17) is 22.1 Å². The van der Waals surface area contributed by atoms with Crippen LogP contribution in [0.1, 0.15) is 0 Å². The van der Waals surface area contributed by atoms with Crippen LogP contribution in [-0.2, 0) is 9.05 Å². The Kier molecular flexibility index (Phi) is 2.36. The predicted octanol–water partition coefficient (Wildman–Crippen LogP) is 0.722. The summed E-state index contributed by atoms with van der Waals surface area (Å²) in [4.78, 5) is 7.59. The molecule has 0 radical (unpaired) electrons. The second kappa shape index (κ2) is 3.46. The molecule has 84 valence electrons. The molecule has 2 aromatic rings. The third kappa shape index (κ3) is 1.86. The van der Waals surface area contributed by atoms with Crippen molar-refractivity contribution in [3.8, 4) is 0 Å². The fourth-order valence-electron chi connectivity index (χ4n) is 1.30. The van der Waals surface area contributed by atoms with Crippen molar-refractivity contribution in [1.29, 1.82) is 0 Å². The second-order valence-corrected chi connectivity index (χ2v) is 5.65. The van der Waals surface area contributed by atoms with Crippen molar-refractivity contribution in [2.45, 2.75) is 4.90 Å². The van der Waals surface area contributed by atoms with Gasteiger partial charge in [0.15, 0.2) is 0 Å². The average molecular weight is 259 g/mol. The number of anilines is 2. The van der Waals surface area contributed by atoms with Crippen molar-refractivity contribution >= 4 is 42.4 Å². The van der Waals surface area contributed by atoms with Crippen molar-refractivity contribution in [3.05, 3.63) is 18.2 Å². The van der Waals surface area contributed by atoms with Gasteiger partial charge in [-0.2, -0.15) is 4.98 Å².